The van der Waals surface area contributed by atoms with E-state index in [2.05, 4.69) is 19.4 Å². The minimum absolute atomic E-state index is 0.163. The van der Waals surface area contributed by atoms with Gasteiger partial charge in [-0.15, -0.1) is 0 Å². The molecule has 0 radical (unpaired) electrons. The number of halogens is 1. The lowest BCUT2D eigenvalue weighted by molar-refractivity contribution is 0.414. The number of hydrogen-bond acceptors (Lipinski definition) is 7. The number of nitrogens with zero attached hydrogens (tertiary/aromatic N) is 2. The lowest BCUT2D eigenvalue weighted by Crippen LogP contribution is -2.28. The number of rotatable bonds is 9. The highest BCUT2D eigenvalue weighted by Crippen LogP contribution is 2.17. The number of nitrogens with one attached hydrogen (secondary N) is 2. The molecular weight excluding hydrogens is 403 g/mol. The van der Waals surface area contributed by atoms with Crippen molar-refractivity contribution in [1.82, 2.24) is 14.1 Å². The molecule has 3 aromatic rings. The van der Waals surface area contributed by atoms with Crippen LogP contribution in [0, 0.1) is 5.82 Å². The van der Waals surface area contributed by atoms with Gasteiger partial charge in [-0.3, -0.25) is 0 Å². The summed E-state index contributed by atoms with van der Waals surface area (Å²) in [5, 5.41) is 3.56. The van der Waals surface area contributed by atoms with Gasteiger partial charge >= 0.3 is 0 Å². The highest BCUT2D eigenvalue weighted by atomic mass is 32.2. The second-order valence-electron chi connectivity index (χ2n) is 5.78. The largest absolute Gasteiger partial charge is 0.497 e. The van der Waals surface area contributed by atoms with E-state index < -0.39 is 10.0 Å². The predicted molar refractivity (Wildman–Crippen MR) is 106 cm³/mol. The molecule has 0 aliphatic heterocycles. The van der Waals surface area contributed by atoms with Crippen molar-refractivity contribution < 1.29 is 17.5 Å². The van der Waals surface area contributed by atoms with Crippen molar-refractivity contribution in [2.24, 2.45) is 0 Å². The summed E-state index contributed by atoms with van der Waals surface area (Å²) in [5.41, 5.74) is 0.527. The first-order valence-electron chi connectivity index (χ1n) is 8.41. The van der Waals surface area contributed by atoms with Crippen molar-refractivity contribution >= 4 is 26.7 Å². The van der Waals surface area contributed by atoms with Gasteiger partial charge in [0, 0.05) is 31.0 Å². The van der Waals surface area contributed by atoms with E-state index in [4.69, 9.17) is 4.74 Å². The number of sulfonamides is 1. The predicted octanol–water partition coefficient (Wildman–Crippen LogP) is 2.67. The molecule has 0 unspecified atom stereocenters. The van der Waals surface area contributed by atoms with Crippen LogP contribution in [0.25, 0.3) is 0 Å². The van der Waals surface area contributed by atoms with Crippen LogP contribution in [-0.4, -0.2) is 38.0 Å². The van der Waals surface area contributed by atoms with Crippen LogP contribution >= 0.6 is 11.5 Å². The molecule has 0 aliphatic carbocycles. The van der Waals surface area contributed by atoms with Gasteiger partial charge in [-0.1, -0.05) is 18.2 Å². The van der Waals surface area contributed by atoms with E-state index in [1.807, 2.05) is 0 Å². The SMILES string of the molecule is COc1ccc(S(=O)(=O)NCCNc2nc(Cc3ccccc3F)ns2)cc1. The van der Waals surface area contributed by atoms with Crippen molar-refractivity contribution in [3.05, 3.63) is 65.7 Å². The number of benzene rings is 2. The second-order valence-corrected chi connectivity index (χ2v) is 8.30. The average Bonchev–Trinajstić information content (AvgIpc) is 3.14. The van der Waals surface area contributed by atoms with Crippen molar-refractivity contribution in [3.63, 3.8) is 0 Å². The van der Waals surface area contributed by atoms with Gasteiger partial charge in [-0.2, -0.15) is 4.37 Å². The highest BCUT2D eigenvalue weighted by molar-refractivity contribution is 7.89. The number of aromatic nitrogens is 2. The Morgan fingerprint density at radius 3 is 2.57 bits per heavy atom. The number of hydrogen-bond donors (Lipinski definition) is 2. The third-order valence-electron chi connectivity index (χ3n) is 3.84. The number of anilines is 1. The quantitative estimate of drug-likeness (QED) is 0.515. The molecule has 0 bridgehead atoms. The molecule has 0 aliphatic rings. The molecule has 0 saturated carbocycles. The first-order valence-corrected chi connectivity index (χ1v) is 10.7. The maximum Gasteiger partial charge on any atom is 0.240 e. The zero-order valence-corrected chi connectivity index (χ0v) is 16.7. The van der Waals surface area contributed by atoms with E-state index in [9.17, 15) is 12.8 Å². The molecule has 10 heteroatoms. The fourth-order valence-electron chi connectivity index (χ4n) is 2.40. The molecule has 2 N–H and O–H groups in total. The molecular formula is C18H19FN4O3S2. The molecule has 0 amide bonds. The summed E-state index contributed by atoms with van der Waals surface area (Å²) in [7, 11) is -2.08. The maximum atomic E-state index is 13.7. The minimum Gasteiger partial charge on any atom is -0.497 e. The Bertz CT molecular complexity index is 1020. The van der Waals surface area contributed by atoms with Crippen LogP contribution in [0.1, 0.15) is 11.4 Å². The Morgan fingerprint density at radius 1 is 1.11 bits per heavy atom. The smallest absolute Gasteiger partial charge is 0.240 e. The maximum absolute atomic E-state index is 13.7. The van der Waals surface area contributed by atoms with Gasteiger partial charge in [-0.25, -0.2) is 22.5 Å². The topological polar surface area (TPSA) is 93.2 Å². The van der Waals surface area contributed by atoms with Crippen molar-refractivity contribution in [2.75, 3.05) is 25.5 Å². The molecule has 0 saturated heterocycles. The molecule has 148 valence electrons. The Balaban J connectivity index is 1.48. The van der Waals surface area contributed by atoms with Crippen molar-refractivity contribution in [1.29, 1.82) is 0 Å². The van der Waals surface area contributed by atoms with Crippen molar-refractivity contribution in [3.8, 4) is 5.75 Å². The fourth-order valence-corrected chi connectivity index (χ4v) is 4.04. The van der Waals surface area contributed by atoms with Gasteiger partial charge in [0.25, 0.3) is 0 Å². The fraction of sp³-hybridized carbons (Fsp3) is 0.222. The third kappa shape index (κ3) is 5.24. The minimum atomic E-state index is -3.60. The van der Waals surface area contributed by atoms with Crippen LogP contribution in [0.3, 0.4) is 0 Å². The van der Waals surface area contributed by atoms with Crippen LogP contribution in [0.2, 0.25) is 0 Å². The van der Waals surface area contributed by atoms with Gasteiger partial charge in [0.05, 0.1) is 12.0 Å². The molecule has 2 aromatic carbocycles. The average molecular weight is 423 g/mol. The lowest BCUT2D eigenvalue weighted by atomic mass is 10.1. The first kappa shape index (κ1) is 20.2. The number of methoxy groups -OCH3 is 1. The molecule has 0 spiro atoms. The Morgan fingerprint density at radius 2 is 1.86 bits per heavy atom. The van der Waals surface area contributed by atoms with E-state index in [0.29, 0.717) is 35.2 Å². The zero-order valence-electron chi connectivity index (χ0n) is 15.1. The van der Waals surface area contributed by atoms with E-state index in [-0.39, 0.29) is 17.3 Å². The molecule has 1 heterocycles. The summed E-state index contributed by atoms with van der Waals surface area (Å²) in [5.74, 6) is 0.805. The lowest BCUT2D eigenvalue weighted by Gasteiger charge is -2.08. The summed E-state index contributed by atoms with van der Waals surface area (Å²) < 4.78 is 49.9. The molecule has 3 rings (SSSR count). The highest BCUT2D eigenvalue weighted by Gasteiger charge is 2.13. The van der Waals surface area contributed by atoms with Gasteiger partial charge in [-0.05, 0) is 35.9 Å². The van der Waals surface area contributed by atoms with Gasteiger partial charge in [0.2, 0.25) is 15.2 Å². The third-order valence-corrected chi connectivity index (χ3v) is 6.03. The summed E-state index contributed by atoms with van der Waals surface area (Å²) in [6, 6.07) is 12.6. The van der Waals surface area contributed by atoms with Crippen molar-refractivity contribution in [2.45, 2.75) is 11.3 Å². The van der Waals surface area contributed by atoms with Crippen LogP contribution in [0.15, 0.2) is 53.4 Å². The summed E-state index contributed by atoms with van der Waals surface area (Å²) in [6.45, 7) is 0.514. The summed E-state index contributed by atoms with van der Waals surface area (Å²) in [6.07, 6.45) is 0.301. The van der Waals surface area contributed by atoms with Gasteiger partial charge in [0.1, 0.15) is 17.4 Å². The normalized spacial score (nSPS) is 11.4. The zero-order chi connectivity index (χ0) is 20.0. The van der Waals surface area contributed by atoms with Crippen LogP contribution in [0.4, 0.5) is 9.52 Å². The van der Waals surface area contributed by atoms with Crippen LogP contribution < -0.4 is 14.8 Å². The number of ether oxygens (including phenoxy) is 1. The van der Waals surface area contributed by atoms with E-state index in [1.54, 1.807) is 30.3 Å². The molecule has 28 heavy (non-hydrogen) atoms. The van der Waals surface area contributed by atoms with E-state index >= 15 is 0 Å². The van der Waals surface area contributed by atoms with Crippen LogP contribution in [-0.2, 0) is 16.4 Å². The molecule has 0 atom stereocenters. The summed E-state index contributed by atoms with van der Waals surface area (Å²) in [4.78, 5) is 4.46. The monoisotopic (exact) mass is 422 g/mol. The molecule has 7 nitrogen and oxygen atoms in total. The van der Waals surface area contributed by atoms with Crippen LogP contribution in [0.5, 0.6) is 5.75 Å². The second kappa shape index (κ2) is 9.09. The standard InChI is InChI=1S/C18H19FN4O3S2/c1-26-14-6-8-15(9-7-14)28(24,25)21-11-10-20-18-22-17(23-27-18)12-13-4-2-3-5-16(13)19/h2-9,21H,10-12H2,1H3,(H,20,22,23). The van der Waals surface area contributed by atoms with Gasteiger partial charge in [0.15, 0.2) is 0 Å². The van der Waals surface area contributed by atoms with E-state index in [0.717, 1.165) is 11.5 Å². The Hall–Kier alpha value is -2.56. The Labute approximate surface area is 166 Å². The van der Waals surface area contributed by atoms with E-state index in [1.165, 1.54) is 25.3 Å². The molecule has 0 fully saturated rings. The molecule has 1 aromatic heterocycles. The van der Waals surface area contributed by atoms with Gasteiger partial charge < -0.3 is 10.1 Å². The summed E-state index contributed by atoms with van der Waals surface area (Å²) >= 11 is 1.15. The first-order chi connectivity index (χ1) is 13.5. The Kier molecular flexibility index (Phi) is 6.55.